The maximum absolute atomic E-state index is 12.4. The summed E-state index contributed by atoms with van der Waals surface area (Å²) in [6.07, 6.45) is 1.38. The summed E-state index contributed by atoms with van der Waals surface area (Å²) < 4.78 is 0. The molecule has 0 bridgehead atoms. The van der Waals surface area contributed by atoms with E-state index < -0.39 is 11.4 Å². The first kappa shape index (κ1) is 14.1. The lowest BCUT2D eigenvalue weighted by Gasteiger charge is -2.30. The van der Waals surface area contributed by atoms with Gasteiger partial charge < -0.3 is 20.0 Å². The Labute approximate surface area is 113 Å². The highest BCUT2D eigenvalue weighted by Gasteiger charge is 2.45. The molecule has 0 saturated carbocycles. The highest BCUT2D eigenvalue weighted by Crippen LogP contribution is 2.32. The summed E-state index contributed by atoms with van der Waals surface area (Å²) in [4.78, 5) is 26.9. The predicted octanol–water partition coefficient (Wildman–Crippen LogP) is 0.606. The molecule has 0 aliphatic carbocycles. The monoisotopic (exact) mass is 270 g/mol. The van der Waals surface area contributed by atoms with Crippen LogP contribution in [0.4, 0.5) is 4.79 Å². The first-order valence-corrected chi connectivity index (χ1v) is 6.79. The second-order valence-corrected chi connectivity index (χ2v) is 6.03. The van der Waals surface area contributed by atoms with Crippen LogP contribution in [-0.2, 0) is 4.79 Å². The fourth-order valence-electron chi connectivity index (χ4n) is 3.00. The first-order chi connectivity index (χ1) is 8.89. The maximum Gasteiger partial charge on any atom is 0.320 e. The Morgan fingerprint density at radius 1 is 1.37 bits per heavy atom. The van der Waals surface area contributed by atoms with Crippen molar-refractivity contribution >= 4 is 12.0 Å². The number of aliphatic hydroxyl groups is 1. The zero-order valence-corrected chi connectivity index (χ0v) is 11.5. The number of carbonyl (C=O) groups excluding carboxylic acids is 1. The highest BCUT2D eigenvalue weighted by atomic mass is 16.4. The van der Waals surface area contributed by atoms with E-state index in [-0.39, 0.29) is 25.2 Å². The highest BCUT2D eigenvalue weighted by molar-refractivity contribution is 5.80. The van der Waals surface area contributed by atoms with Crippen LogP contribution in [0.3, 0.4) is 0 Å². The van der Waals surface area contributed by atoms with Crippen molar-refractivity contribution < 1.29 is 19.8 Å². The molecule has 108 valence electrons. The average molecular weight is 270 g/mol. The average Bonchev–Trinajstić information content (AvgIpc) is 2.93. The molecule has 2 aliphatic rings. The molecule has 2 rings (SSSR count). The van der Waals surface area contributed by atoms with Gasteiger partial charge in [0.1, 0.15) is 0 Å². The van der Waals surface area contributed by atoms with Crippen molar-refractivity contribution in [3.63, 3.8) is 0 Å². The normalized spacial score (nSPS) is 34.9. The van der Waals surface area contributed by atoms with Gasteiger partial charge in [-0.1, -0.05) is 6.92 Å². The van der Waals surface area contributed by atoms with Gasteiger partial charge in [0.05, 0.1) is 18.1 Å². The topological polar surface area (TPSA) is 81.1 Å². The predicted molar refractivity (Wildman–Crippen MR) is 68.7 cm³/mol. The lowest BCUT2D eigenvalue weighted by molar-refractivity contribution is -0.147. The van der Waals surface area contributed by atoms with E-state index in [1.807, 2.05) is 6.92 Å². The van der Waals surface area contributed by atoms with Crippen molar-refractivity contribution in [3.05, 3.63) is 0 Å². The third-order valence-corrected chi connectivity index (χ3v) is 4.58. The van der Waals surface area contributed by atoms with Crippen LogP contribution >= 0.6 is 0 Å². The zero-order valence-electron chi connectivity index (χ0n) is 11.5. The maximum atomic E-state index is 12.4. The summed E-state index contributed by atoms with van der Waals surface area (Å²) in [6.45, 7) is 5.05. The number of hydrogen-bond donors (Lipinski definition) is 2. The number of rotatable bonds is 2. The van der Waals surface area contributed by atoms with Crippen LogP contribution in [0, 0.1) is 11.3 Å². The van der Waals surface area contributed by atoms with Crippen molar-refractivity contribution in [3.8, 4) is 0 Å². The Balaban J connectivity index is 2.04. The van der Waals surface area contributed by atoms with Crippen LogP contribution in [0.15, 0.2) is 0 Å². The molecule has 0 aromatic carbocycles. The molecule has 2 fully saturated rings. The SMILES string of the molecule is CC1CCN(C(=O)N2CCC(C)(C(=O)O)C2)C1CO. The first-order valence-electron chi connectivity index (χ1n) is 6.79. The molecule has 0 aromatic heterocycles. The molecule has 0 spiro atoms. The quantitative estimate of drug-likeness (QED) is 0.770. The molecule has 2 heterocycles. The van der Waals surface area contributed by atoms with Crippen LogP contribution < -0.4 is 0 Å². The molecule has 0 aromatic rings. The van der Waals surface area contributed by atoms with Crippen LogP contribution in [0.25, 0.3) is 0 Å². The molecule has 19 heavy (non-hydrogen) atoms. The van der Waals surface area contributed by atoms with Gasteiger partial charge in [0.15, 0.2) is 0 Å². The smallest absolute Gasteiger partial charge is 0.320 e. The van der Waals surface area contributed by atoms with Crippen molar-refractivity contribution in [2.75, 3.05) is 26.2 Å². The fourth-order valence-corrected chi connectivity index (χ4v) is 3.00. The summed E-state index contributed by atoms with van der Waals surface area (Å²) >= 11 is 0. The number of carboxylic acids is 1. The molecular formula is C13H22N2O4. The summed E-state index contributed by atoms with van der Waals surface area (Å²) in [6, 6.07) is -0.266. The number of likely N-dealkylation sites (tertiary alicyclic amines) is 2. The number of urea groups is 1. The lowest BCUT2D eigenvalue weighted by atomic mass is 9.90. The Hall–Kier alpha value is -1.30. The number of aliphatic hydroxyl groups excluding tert-OH is 1. The molecule has 2 N–H and O–H groups in total. The van der Waals surface area contributed by atoms with Gasteiger partial charge in [0.2, 0.25) is 0 Å². The van der Waals surface area contributed by atoms with E-state index in [1.165, 1.54) is 0 Å². The Bertz CT molecular complexity index is 387. The third-order valence-electron chi connectivity index (χ3n) is 4.58. The minimum atomic E-state index is -0.851. The van der Waals surface area contributed by atoms with E-state index in [2.05, 4.69) is 0 Å². The van der Waals surface area contributed by atoms with Crippen LogP contribution in [0.5, 0.6) is 0 Å². The van der Waals surface area contributed by atoms with Crippen molar-refractivity contribution in [1.29, 1.82) is 0 Å². The van der Waals surface area contributed by atoms with E-state index in [0.29, 0.717) is 25.4 Å². The Morgan fingerprint density at radius 3 is 2.58 bits per heavy atom. The van der Waals surface area contributed by atoms with Crippen molar-refractivity contribution in [2.45, 2.75) is 32.7 Å². The fraction of sp³-hybridized carbons (Fsp3) is 0.846. The van der Waals surface area contributed by atoms with E-state index in [0.717, 1.165) is 6.42 Å². The van der Waals surface area contributed by atoms with Gasteiger partial charge in [0, 0.05) is 19.6 Å². The number of amides is 2. The number of carboxylic acid groups (broad SMARTS) is 1. The zero-order chi connectivity index (χ0) is 14.2. The van der Waals surface area contributed by atoms with Gasteiger partial charge in [-0.2, -0.15) is 0 Å². The molecule has 0 radical (unpaired) electrons. The third kappa shape index (κ3) is 2.41. The van der Waals surface area contributed by atoms with E-state index in [9.17, 15) is 19.8 Å². The molecular weight excluding hydrogens is 248 g/mol. The van der Waals surface area contributed by atoms with Gasteiger partial charge in [-0.15, -0.1) is 0 Å². The second kappa shape index (κ2) is 5.00. The van der Waals surface area contributed by atoms with Gasteiger partial charge in [-0.25, -0.2) is 4.79 Å². The summed E-state index contributed by atoms with van der Waals surface area (Å²) in [5.74, 6) is -0.557. The molecule has 2 amide bonds. The van der Waals surface area contributed by atoms with Gasteiger partial charge >= 0.3 is 12.0 Å². The number of aliphatic carboxylic acids is 1. The van der Waals surface area contributed by atoms with Gasteiger partial charge in [-0.3, -0.25) is 4.79 Å². The van der Waals surface area contributed by atoms with Crippen LogP contribution in [0.1, 0.15) is 26.7 Å². The lowest BCUT2D eigenvalue weighted by Crippen LogP contribution is -2.47. The second-order valence-electron chi connectivity index (χ2n) is 6.03. The number of hydrogen-bond acceptors (Lipinski definition) is 3. The van der Waals surface area contributed by atoms with Gasteiger partial charge in [0.25, 0.3) is 0 Å². The minimum Gasteiger partial charge on any atom is -0.481 e. The molecule has 2 aliphatic heterocycles. The molecule has 6 nitrogen and oxygen atoms in total. The molecule has 6 heteroatoms. The van der Waals surface area contributed by atoms with Crippen molar-refractivity contribution in [2.24, 2.45) is 11.3 Å². The summed E-state index contributed by atoms with van der Waals surface area (Å²) in [5, 5.41) is 18.6. The Morgan fingerprint density at radius 2 is 2.05 bits per heavy atom. The standard InChI is InChI=1S/C13H22N2O4/c1-9-3-5-15(10(9)7-16)12(19)14-6-4-13(2,8-14)11(17)18/h9-10,16H,3-8H2,1-2H3,(H,17,18). The van der Waals surface area contributed by atoms with Crippen molar-refractivity contribution in [1.82, 2.24) is 9.80 Å². The molecule has 3 unspecified atom stereocenters. The van der Waals surface area contributed by atoms with E-state index >= 15 is 0 Å². The van der Waals surface area contributed by atoms with Gasteiger partial charge in [-0.05, 0) is 25.7 Å². The van der Waals surface area contributed by atoms with E-state index in [1.54, 1.807) is 16.7 Å². The van der Waals surface area contributed by atoms with Crippen LogP contribution in [-0.4, -0.2) is 64.3 Å². The number of carbonyl (C=O) groups is 2. The Kier molecular flexibility index (Phi) is 3.71. The molecule has 2 saturated heterocycles. The summed E-state index contributed by atoms with van der Waals surface area (Å²) in [5.41, 5.74) is -0.838. The van der Waals surface area contributed by atoms with E-state index in [4.69, 9.17) is 0 Å². The number of nitrogens with zero attached hydrogens (tertiary/aromatic N) is 2. The van der Waals surface area contributed by atoms with Crippen LogP contribution in [0.2, 0.25) is 0 Å². The summed E-state index contributed by atoms with van der Waals surface area (Å²) in [7, 11) is 0. The largest absolute Gasteiger partial charge is 0.481 e. The molecule has 3 atom stereocenters. The minimum absolute atomic E-state index is 0.0308.